The number of anilines is 2. The second-order valence-electron chi connectivity index (χ2n) is 5.31. The van der Waals surface area contributed by atoms with Gasteiger partial charge >= 0.3 is 0 Å². The fourth-order valence-electron chi connectivity index (χ4n) is 2.46. The van der Waals surface area contributed by atoms with E-state index in [9.17, 15) is 0 Å². The van der Waals surface area contributed by atoms with Gasteiger partial charge in [-0.05, 0) is 46.4 Å². The van der Waals surface area contributed by atoms with Crippen LogP contribution in [-0.2, 0) is 0 Å². The molecule has 0 aliphatic heterocycles. The van der Waals surface area contributed by atoms with Crippen LogP contribution >= 0.6 is 11.3 Å². The first-order chi connectivity index (χ1) is 10.1. The predicted molar refractivity (Wildman–Crippen MR) is 92.8 cm³/mol. The van der Waals surface area contributed by atoms with Crippen LogP contribution in [0.5, 0.6) is 0 Å². The molecule has 1 N–H and O–H groups in total. The minimum Gasteiger partial charge on any atom is -0.318 e. The number of nitrogens with one attached hydrogen (secondary N) is 1. The van der Waals surface area contributed by atoms with Crippen molar-refractivity contribution in [2.45, 2.75) is 40.7 Å². The molecule has 1 atom stereocenters. The molecular formula is C17H25N3S. The number of aromatic nitrogens is 1. The maximum atomic E-state index is 4.79. The van der Waals surface area contributed by atoms with Gasteiger partial charge in [-0.2, -0.15) is 0 Å². The first-order valence-corrected chi connectivity index (χ1v) is 8.43. The van der Waals surface area contributed by atoms with Crippen LogP contribution in [-0.4, -0.2) is 18.1 Å². The van der Waals surface area contributed by atoms with Crippen LogP contribution in [0.3, 0.4) is 0 Å². The fourth-order valence-corrected chi connectivity index (χ4v) is 3.64. The highest BCUT2D eigenvalue weighted by molar-refractivity contribution is 7.15. The number of nitrogens with zero attached hydrogens (tertiary/aromatic N) is 2. The lowest BCUT2D eigenvalue weighted by Crippen LogP contribution is -2.17. The molecule has 114 valence electrons. The lowest BCUT2D eigenvalue weighted by Gasteiger charge is -2.20. The zero-order chi connectivity index (χ0) is 15.4. The number of thiazole rings is 1. The van der Waals surface area contributed by atoms with Gasteiger partial charge in [-0.1, -0.05) is 36.0 Å². The molecule has 0 aliphatic rings. The molecule has 2 rings (SSSR count). The Bertz CT molecular complexity index is 574. The average Bonchev–Trinajstić information content (AvgIpc) is 2.84. The summed E-state index contributed by atoms with van der Waals surface area (Å²) in [6, 6.07) is 9.01. The normalized spacial score (nSPS) is 12.4. The number of aryl methyl sites for hydroxylation is 2. The highest BCUT2D eigenvalue weighted by atomic mass is 32.1. The van der Waals surface area contributed by atoms with Crippen molar-refractivity contribution in [1.29, 1.82) is 0 Å². The van der Waals surface area contributed by atoms with E-state index in [1.165, 1.54) is 16.1 Å². The van der Waals surface area contributed by atoms with E-state index < -0.39 is 0 Å². The van der Waals surface area contributed by atoms with E-state index in [1.54, 1.807) is 11.3 Å². The average molecular weight is 303 g/mol. The summed E-state index contributed by atoms with van der Waals surface area (Å²) < 4.78 is 0. The van der Waals surface area contributed by atoms with Crippen molar-refractivity contribution in [3.8, 4) is 0 Å². The summed E-state index contributed by atoms with van der Waals surface area (Å²) in [5.74, 6) is 0. The van der Waals surface area contributed by atoms with Gasteiger partial charge in [-0.15, -0.1) is 0 Å². The fraction of sp³-hybridized carbons (Fsp3) is 0.471. The van der Waals surface area contributed by atoms with E-state index in [-0.39, 0.29) is 0 Å². The molecule has 3 nitrogen and oxygen atoms in total. The smallest absolute Gasteiger partial charge is 0.190 e. The molecule has 0 saturated carbocycles. The molecule has 1 heterocycles. The third-order valence-electron chi connectivity index (χ3n) is 3.62. The second kappa shape index (κ2) is 7.05. The first-order valence-electron chi connectivity index (χ1n) is 7.61. The summed E-state index contributed by atoms with van der Waals surface area (Å²) in [6.45, 7) is 12.6. The third-order valence-corrected chi connectivity index (χ3v) is 4.98. The van der Waals surface area contributed by atoms with Gasteiger partial charge in [0.2, 0.25) is 0 Å². The zero-order valence-corrected chi connectivity index (χ0v) is 14.4. The van der Waals surface area contributed by atoms with Gasteiger partial charge < -0.3 is 10.2 Å². The Labute approximate surface area is 132 Å². The van der Waals surface area contributed by atoms with Crippen LogP contribution in [0, 0.1) is 13.8 Å². The molecule has 2 aromatic rings. The zero-order valence-electron chi connectivity index (χ0n) is 13.6. The molecule has 1 unspecified atom stereocenters. The highest BCUT2D eigenvalue weighted by Crippen LogP contribution is 2.34. The first kappa shape index (κ1) is 16.0. The molecule has 0 bridgehead atoms. The van der Waals surface area contributed by atoms with Crippen molar-refractivity contribution in [3.05, 3.63) is 40.4 Å². The summed E-state index contributed by atoms with van der Waals surface area (Å²) in [6.07, 6.45) is 0. The number of rotatable bonds is 6. The minimum absolute atomic E-state index is 0.359. The highest BCUT2D eigenvalue weighted by Gasteiger charge is 2.17. The molecule has 21 heavy (non-hydrogen) atoms. The molecule has 1 aromatic heterocycles. The Morgan fingerprint density at radius 3 is 2.43 bits per heavy atom. The van der Waals surface area contributed by atoms with Crippen LogP contribution in [0.2, 0.25) is 0 Å². The van der Waals surface area contributed by atoms with Crippen LogP contribution in [0.15, 0.2) is 24.3 Å². The van der Waals surface area contributed by atoms with Crippen molar-refractivity contribution >= 4 is 22.2 Å². The van der Waals surface area contributed by atoms with Gasteiger partial charge in [-0.25, -0.2) is 4.98 Å². The molecule has 4 heteroatoms. The van der Waals surface area contributed by atoms with Crippen molar-refractivity contribution < 1.29 is 0 Å². The largest absolute Gasteiger partial charge is 0.318 e. The molecule has 0 saturated heterocycles. The quantitative estimate of drug-likeness (QED) is 0.846. The van der Waals surface area contributed by atoms with Gasteiger partial charge in [0.15, 0.2) is 5.13 Å². The van der Waals surface area contributed by atoms with E-state index in [4.69, 9.17) is 4.98 Å². The summed E-state index contributed by atoms with van der Waals surface area (Å²) in [7, 11) is 0. The Hall–Kier alpha value is -1.39. The van der Waals surface area contributed by atoms with Crippen molar-refractivity contribution in [3.63, 3.8) is 0 Å². The molecular weight excluding hydrogens is 278 g/mol. The molecule has 0 amide bonds. The molecule has 0 aliphatic carbocycles. The minimum atomic E-state index is 0.359. The van der Waals surface area contributed by atoms with E-state index in [1.807, 2.05) is 0 Å². The monoisotopic (exact) mass is 303 g/mol. The van der Waals surface area contributed by atoms with Gasteiger partial charge in [0, 0.05) is 23.2 Å². The summed E-state index contributed by atoms with van der Waals surface area (Å²) >= 11 is 1.79. The Balaban J connectivity index is 2.30. The van der Waals surface area contributed by atoms with Gasteiger partial charge in [0.05, 0.1) is 5.69 Å². The Kier molecular flexibility index (Phi) is 5.37. The topological polar surface area (TPSA) is 28.2 Å². The predicted octanol–water partition coefficient (Wildman–Crippen LogP) is 4.59. The van der Waals surface area contributed by atoms with E-state index >= 15 is 0 Å². The summed E-state index contributed by atoms with van der Waals surface area (Å²) in [4.78, 5) is 8.40. The summed E-state index contributed by atoms with van der Waals surface area (Å²) in [5, 5.41) is 4.55. The number of hydrogen-bond donors (Lipinski definition) is 1. The standard InChI is InChI=1S/C17H25N3S/c1-6-18-13(4)16-14(5)19-17(21-16)20(7-2)15-10-8-12(3)9-11-15/h8-11,13,18H,6-7H2,1-5H3. The lowest BCUT2D eigenvalue weighted by atomic mass is 10.2. The maximum absolute atomic E-state index is 4.79. The van der Waals surface area contributed by atoms with Gasteiger partial charge in [0.1, 0.15) is 0 Å². The number of benzene rings is 1. The van der Waals surface area contributed by atoms with Crippen LogP contribution in [0.4, 0.5) is 10.8 Å². The van der Waals surface area contributed by atoms with Gasteiger partial charge in [-0.3, -0.25) is 0 Å². The Morgan fingerprint density at radius 1 is 1.19 bits per heavy atom. The van der Waals surface area contributed by atoms with E-state index in [0.717, 1.165) is 23.9 Å². The second-order valence-corrected chi connectivity index (χ2v) is 6.31. The molecule has 0 radical (unpaired) electrons. The molecule has 0 spiro atoms. The van der Waals surface area contributed by atoms with Crippen molar-refractivity contribution in [1.82, 2.24) is 10.3 Å². The van der Waals surface area contributed by atoms with Crippen molar-refractivity contribution in [2.24, 2.45) is 0 Å². The third kappa shape index (κ3) is 3.63. The van der Waals surface area contributed by atoms with Crippen LogP contribution < -0.4 is 10.2 Å². The number of hydrogen-bond acceptors (Lipinski definition) is 4. The SMILES string of the molecule is CCNC(C)c1sc(N(CC)c2ccc(C)cc2)nc1C. The van der Waals surface area contributed by atoms with E-state index in [2.05, 4.69) is 69.1 Å². The molecule has 1 aromatic carbocycles. The maximum Gasteiger partial charge on any atom is 0.190 e. The Morgan fingerprint density at radius 2 is 1.86 bits per heavy atom. The lowest BCUT2D eigenvalue weighted by molar-refractivity contribution is 0.603. The van der Waals surface area contributed by atoms with Gasteiger partial charge in [0.25, 0.3) is 0 Å². The van der Waals surface area contributed by atoms with Crippen LogP contribution in [0.25, 0.3) is 0 Å². The van der Waals surface area contributed by atoms with E-state index in [0.29, 0.717) is 6.04 Å². The summed E-state index contributed by atoms with van der Waals surface area (Å²) in [5.41, 5.74) is 3.63. The van der Waals surface area contributed by atoms with Crippen LogP contribution in [0.1, 0.15) is 42.9 Å². The van der Waals surface area contributed by atoms with Crippen molar-refractivity contribution in [2.75, 3.05) is 18.0 Å². The molecule has 0 fully saturated rings.